The van der Waals surface area contributed by atoms with Gasteiger partial charge in [0.05, 0.1) is 28.4 Å². The summed E-state index contributed by atoms with van der Waals surface area (Å²) in [6, 6.07) is 13.4. The maximum Gasteiger partial charge on any atom is 0.337 e. The number of anilines is 2. The highest BCUT2D eigenvalue weighted by Crippen LogP contribution is 2.28. The molecule has 0 spiro atoms. The first-order chi connectivity index (χ1) is 15.5. The van der Waals surface area contributed by atoms with Crippen molar-refractivity contribution in [3.8, 4) is 0 Å². The van der Waals surface area contributed by atoms with E-state index in [1.165, 1.54) is 43.5 Å². The van der Waals surface area contributed by atoms with Gasteiger partial charge in [-0.15, -0.1) is 0 Å². The molecule has 3 aromatic carbocycles. The summed E-state index contributed by atoms with van der Waals surface area (Å²) in [6.45, 7) is 3.70. The molecular formula is C23H20Cl2N2O5S. The molecule has 0 saturated heterocycles. The molecule has 0 radical (unpaired) electrons. The van der Waals surface area contributed by atoms with Gasteiger partial charge in [-0.05, 0) is 73.5 Å². The van der Waals surface area contributed by atoms with Gasteiger partial charge in [0.1, 0.15) is 4.90 Å². The number of nitrogens with one attached hydrogen (secondary N) is 2. The maximum absolute atomic E-state index is 13.0. The molecule has 7 nitrogen and oxygen atoms in total. The van der Waals surface area contributed by atoms with Gasteiger partial charge in [-0.25, -0.2) is 13.2 Å². The zero-order valence-corrected chi connectivity index (χ0v) is 20.2. The predicted molar refractivity (Wildman–Crippen MR) is 129 cm³/mol. The van der Waals surface area contributed by atoms with Crippen LogP contribution >= 0.6 is 23.2 Å². The second-order valence-corrected chi connectivity index (χ2v) is 9.73. The Labute approximate surface area is 201 Å². The van der Waals surface area contributed by atoms with Crippen molar-refractivity contribution in [3.05, 3.63) is 86.9 Å². The van der Waals surface area contributed by atoms with Gasteiger partial charge in [0.2, 0.25) is 0 Å². The average Bonchev–Trinajstić information content (AvgIpc) is 2.73. The summed E-state index contributed by atoms with van der Waals surface area (Å²) in [6.07, 6.45) is 0. The Hall–Kier alpha value is -3.07. The van der Waals surface area contributed by atoms with Crippen molar-refractivity contribution in [1.29, 1.82) is 0 Å². The number of rotatable bonds is 6. The highest BCUT2D eigenvalue weighted by atomic mass is 35.5. The summed E-state index contributed by atoms with van der Waals surface area (Å²) in [5.41, 5.74) is 2.53. The number of carbonyl (C=O) groups is 2. The fraction of sp³-hybridized carbons (Fsp3) is 0.130. The lowest BCUT2D eigenvalue weighted by molar-refractivity contribution is 0.0600. The number of sulfonamides is 1. The summed E-state index contributed by atoms with van der Waals surface area (Å²) in [5, 5.41) is 2.71. The largest absolute Gasteiger partial charge is 0.465 e. The third kappa shape index (κ3) is 5.84. The van der Waals surface area contributed by atoms with E-state index < -0.39 is 21.9 Å². The van der Waals surface area contributed by atoms with Gasteiger partial charge < -0.3 is 10.1 Å². The number of amides is 1. The van der Waals surface area contributed by atoms with Crippen molar-refractivity contribution in [1.82, 2.24) is 0 Å². The highest BCUT2D eigenvalue weighted by molar-refractivity contribution is 7.92. The van der Waals surface area contributed by atoms with Crippen LogP contribution in [-0.2, 0) is 14.8 Å². The number of hydrogen-bond acceptors (Lipinski definition) is 5. The van der Waals surface area contributed by atoms with Crippen LogP contribution in [-0.4, -0.2) is 27.4 Å². The monoisotopic (exact) mass is 506 g/mol. The molecule has 0 fully saturated rings. The van der Waals surface area contributed by atoms with E-state index in [1.54, 1.807) is 12.1 Å². The van der Waals surface area contributed by atoms with Crippen molar-refractivity contribution in [3.63, 3.8) is 0 Å². The Morgan fingerprint density at radius 1 is 0.848 bits per heavy atom. The van der Waals surface area contributed by atoms with Gasteiger partial charge in [0, 0.05) is 11.3 Å². The van der Waals surface area contributed by atoms with Gasteiger partial charge in [-0.3, -0.25) is 9.52 Å². The summed E-state index contributed by atoms with van der Waals surface area (Å²) in [5.74, 6) is -1.24. The fourth-order valence-corrected chi connectivity index (χ4v) is 4.89. The smallest absolute Gasteiger partial charge is 0.337 e. The highest BCUT2D eigenvalue weighted by Gasteiger charge is 2.21. The Bertz CT molecular complexity index is 1340. The summed E-state index contributed by atoms with van der Waals surface area (Å²) < 4.78 is 33.1. The second kappa shape index (κ2) is 9.82. The third-order valence-corrected chi connectivity index (χ3v) is 6.78. The van der Waals surface area contributed by atoms with Gasteiger partial charge >= 0.3 is 5.97 Å². The van der Waals surface area contributed by atoms with Crippen LogP contribution in [0.3, 0.4) is 0 Å². The minimum Gasteiger partial charge on any atom is -0.465 e. The Balaban J connectivity index is 1.91. The number of carbonyl (C=O) groups excluding carboxylic acids is 2. The molecule has 3 aromatic rings. The minimum atomic E-state index is -4.09. The molecule has 1 amide bonds. The molecule has 0 aliphatic heterocycles. The van der Waals surface area contributed by atoms with Crippen LogP contribution in [0.25, 0.3) is 0 Å². The van der Waals surface area contributed by atoms with Crippen LogP contribution in [0.2, 0.25) is 10.0 Å². The first kappa shape index (κ1) is 24.6. The van der Waals surface area contributed by atoms with Gasteiger partial charge in [-0.1, -0.05) is 29.3 Å². The number of esters is 1. The Kier molecular flexibility index (Phi) is 7.31. The molecular weight excluding hydrogens is 487 g/mol. The zero-order chi connectivity index (χ0) is 24.3. The Morgan fingerprint density at radius 3 is 2.09 bits per heavy atom. The van der Waals surface area contributed by atoms with Crippen LogP contribution < -0.4 is 10.0 Å². The van der Waals surface area contributed by atoms with Gasteiger partial charge in [-0.2, -0.15) is 0 Å². The van der Waals surface area contributed by atoms with Crippen LogP contribution in [0.5, 0.6) is 0 Å². The van der Waals surface area contributed by atoms with E-state index in [4.69, 9.17) is 23.2 Å². The van der Waals surface area contributed by atoms with Crippen LogP contribution in [0.4, 0.5) is 11.4 Å². The molecule has 3 rings (SSSR count). The van der Waals surface area contributed by atoms with Crippen LogP contribution in [0, 0.1) is 13.8 Å². The molecule has 0 atom stereocenters. The third-order valence-electron chi connectivity index (χ3n) is 4.59. The van der Waals surface area contributed by atoms with E-state index in [-0.39, 0.29) is 31.8 Å². The predicted octanol–water partition coefficient (Wildman–Crippen LogP) is 5.45. The molecule has 0 aliphatic carbocycles. The number of hydrogen-bond donors (Lipinski definition) is 2. The van der Waals surface area contributed by atoms with E-state index in [0.29, 0.717) is 5.69 Å². The molecule has 0 heterocycles. The number of aryl methyl sites for hydroxylation is 2. The van der Waals surface area contributed by atoms with E-state index in [2.05, 4.69) is 14.8 Å². The summed E-state index contributed by atoms with van der Waals surface area (Å²) in [7, 11) is -2.85. The molecule has 0 saturated carbocycles. The lowest BCUT2D eigenvalue weighted by Gasteiger charge is -2.13. The van der Waals surface area contributed by atoms with Crippen molar-refractivity contribution < 1.29 is 22.7 Å². The Morgan fingerprint density at radius 2 is 1.45 bits per heavy atom. The molecule has 0 aromatic heterocycles. The molecule has 0 aliphatic rings. The quantitative estimate of drug-likeness (QED) is 0.432. The van der Waals surface area contributed by atoms with E-state index in [1.807, 2.05) is 19.9 Å². The van der Waals surface area contributed by atoms with Gasteiger partial charge in [0.15, 0.2) is 0 Å². The molecule has 10 heteroatoms. The van der Waals surface area contributed by atoms with E-state index in [0.717, 1.165) is 11.1 Å². The average molecular weight is 507 g/mol. The van der Waals surface area contributed by atoms with E-state index >= 15 is 0 Å². The summed E-state index contributed by atoms with van der Waals surface area (Å²) >= 11 is 12.3. The number of ether oxygens (including phenoxy) is 1. The van der Waals surface area contributed by atoms with Crippen molar-refractivity contribution in [2.45, 2.75) is 18.7 Å². The first-order valence-electron chi connectivity index (χ1n) is 9.60. The standard InChI is InChI=1S/C23H20Cl2N2O5S/c1-13-8-14(2)10-17(9-13)27-33(30,31)21-12-15(4-7-19(21)25)22(28)26-20-11-16(23(29)32-3)5-6-18(20)24/h4-12,27H,1-3H3,(H,26,28). The van der Waals surface area contributed by atoms with E-state index in [9.17, 15) is 18.0 Å². The van der Waals surface area contributed by atoms with Crippen LogP contribution in [0.15, 0.2) is 59.5 Å². The first-order valence-corrected chi connectivity index (χ1v) is 11.8. The summed E-state index contributed by atoms with van der Waals surface area (Å²) in [4.78, 5) is 24.3. The molecule has 33 heavy (non-hydrogen) atoms. The SMILES string of the molecule is COC(=O)c1ccc(Cl)c(NC(=O)c2ccc(Cl)c(S(=O)(=O)Nc3cc(C)cc(C)c3)c2)c1. The lowest BCUT2D eigenvalue weighted by Crippen LogP contribution is -2.17. The van der Waals surface area contributed by atoms with Crippen molar-refractivity contribution in [2.75, 3.05) is 17.1 Å². The minimum absolute atomic E-state index is 0.0275. The molecule has 0 unspecified atom stereocenters. The van der Waals surface area contributed by atoms with Crippen molar-refractivity contribution >= 4 is 56.5 Å². The van der Waals surface area contributed by atoms with Crippen LogP contribution in [0.1, 0.15) is 31.8 Å². The fourth-order valence-electron chi connectivity index (χ4n) is 3.15. The maximum atomic E-state index is 13.0. The molecule has 0 bridgehead atoms. The normalized spacial score (nSPS) is 11.1. The number of benzene rings is 3. The second-order valence-electron chi connectivity index (χ2n) is 7.27. The van der Waals surface area contributed by atoms with Gasteiger partial charge in [0.25, 0.3) is 15.9 Å². The lowest BCUT2D eigenvalue weighted by atomic mass is 10.1. The number of methoxy groups -OCH3 is 1. The number of halogens is 2. The topological polar surface area (TPSA) is 102 Å². The molecule has 2 N–H and O–H groups in total. The van der Waals surface area contributed by atoms with Crippen molar-refractivity contribution in [2.24, 2.45) is 0 Å². The zero-order valence-electron chi connectivity index (χ0n) is 17.9. The molecule has 172 valence electrons.